The number of aryl methyl sites for hydroxylation is 1. The van der Waals surface area contributed by atoms with Crippen molar-refractivity contribution in [3.8, 4) is 0 Å². The lowest BCUT2D eigenvalue weighted by molar-refractivity contribution is 0.0639. The molecule has 0 bridgehead atoms. The van der Waals surface area contributed by atoms with Gasteiger partial charge in [-0.2, -0.15) is 0 Å². The van der Waals surface area contributed by atoms with E-state index in [2.05, 4.69) is 20.6 Å². The molecule has 0 saturated heterocycles. The average molecular weight is 334 g/mol. The van der Waals surface area contributed by atoms with Gasteiger partial charge in [-0.15, -0.1) is 16.4 Å². The standard InChI is InChI=1S/C14H18N6O2S/c1-8(2)19-4-5-20-12(14(19)22)10(17-18-20)6-15-13(21)11-7-23-9(3)16-11/h7-8H,4-6H2,1-3H3,(H,15,21). The van der Waals surface area contributed by atoms with Crippen molar-refractivity contribution in [3.63, 3.8) is 0 Å². The predicted molar refractivity (Wildman–Crippen MR) is 84.2 cm³/mol. The molecule has 0 aliphatic carbocycles. The molecule has 1 N–H and O–H groups in total. The van der Waals surface area contributed by atoms with Crippen LogP contribution in [-0.4, -0.2) is 49.3 Å². The third-order valence-electron chi connectivity index (χ3n) is 3.71. The zero-order valence-corrected chi connectivity index (χ0v) is 14.1. The Bertz CT molecular complexity index is 750. The molecule has 2 amide bonds. The number of hydrogen-bond donors (Lipinski definition) is 1. The number of nitrogens with zero attached hydrogens (tertiary/aromatic N) is 5. The Balaban J connectivity index is 1.74. The van der Waals surface area contributed by atoms with Crippen molar-refractivity contribution in [2.75, 3.05) is 6.54 Å². The number of rotatable bonds is 4. The zero-order valence-electron chi connectivity index (χ0n) is 13.2. The van der Waals surface area contributed by atoms with Gasteiger partial charge in [0.15, 0.2) is 5.69 Å². The van der Waals surface area contributed by atoms with Crippen molar-refractivity contribution in [2.45, 2.75) is 39.9 Å². The smallest absolute Gasteiger partial charge is 0.274 e. The summed E-state index contributed by atoms with van der Waals surface area (Å²) in [6, 6.07) is 0.117. The van der Waals surface area contributed by atoms with E-state index in [9.17, 15) is 9.59 Å². The summed E-state index contributed by atoms with van der Waals surface area (Å²) >= 11 is 1.42. The minimum absolute atomic E-state index is 0.0926. The molecule has 1 aliphatic rings. The molecule has 0 fully saturated rings. The normalized spacial score (nSPS) is 14.3. The maximum Gasteiger partial charge on any atom is 0.274 e. The molecule has 0 aromatic carbocycles. The topological polar surface area (TPSA) is 93.0 Å². The lowest BCUT2D eigenvalue weighted by atomic mass is 10.2. The first kappa shape index (κ1) is 15.6. The second-order valence-corrected chi connectivity index (χ2v) is 6.70. The van der Waals surface area contributed by atoms with Crippen molar-refractivity contribution in [1.82, 2.24) is 30.2 Å². The molecule has 8 nitrogen and oxygen atoms in total. The van der Waals surface area contributed by atoms with E-state index in [1.165, 1.54) is 11.3 Å². The summed E-state index contributed by atoms with van der Waals surface area (Å²) in [5.74, 6) is -0.370. The SMILES string of the molecule is Cc1nc(C(=O)NCc2nnn3c2C(=O)N(C(C)C)CC3)cs1. The highest BCUT2D eigenvalue weighted by Crippen LogP contribution is 2.17. The van der Waals surface area contributed by atoms with Gasteiger partial charge in [0.25, 0.3) is 11.8 Å². The van der Waals surface area contributed by atoms with Crippen molar-refractivity contribution >= 4 is 23.2 Å². The van der Waals surface area contributed by atoms with Crippen molar-refractivity contribution < 1.29 is 9.59 Å². The van der Waals surface area contributed by atoms with Crippen LogP contribution in [0.1, 0.15) is 45.5 Å². The van der Waals surface area contributed by atoms with E-state index in [0.717, 1.165) is 5.01 Å². The Labute approximate surface area is 137 Å². The first-order valence-corrected chi connectivity index (χ1v) is 8.29. The third kappa shape index (κ3) is 2.96. The summed E-state index contributed by atoms with van der Waals surface area (Å²) in [7, 11) is 0. The Kier molecular flexibility index (Phi) is 4.12. The minimum Gasteiger partial charge on any atom is -0.345 e. The first-order chi connectivity index (χ1) is 11.0. The summed E-state index contributed by atoms with van der Waals surface area (Å²) in [6.07, 6.45) is 0. The zero-order chi connectivity index (χ0) is 16.6. The van der Waals surface area contributed by atoms with E-state index in [1.54, 1.807) is 15.0 Å². The molecule has 0 spiro atoms. The second-order valence-electron chi connectivity index (χ2n) is 5.63. The molecule has 3 heterocycles. The highest BCUT2D eigenvalue weighted by atomic mass is 32.1. The number of thiazole rings is 1. The Morgan fingerprint density at radius 2 is 2.22 bits per heavy atom. The van der Waals surface area contributed by atoms with E-state index in [1.807, 2.05) is 20.8 Å². The Morgan fingerprint density at radius 3 is 2.87 bits per heavy atom. The van der Waals surface area contributed by atoms with Crippen LogP contribution in [0.25, 0.3) is 0 Å². The Hall–Kier alpha value is -2.29. The van der Waals surface area contributed by atoms with E-state index >= 15 is 0 Å². The largest absolute Gasteiger partial charge is 0.345 e. The van der Waals surface area contributed by atoms with E-state index in [0.29, 0.717) is 30.2 Å². The number of amides is 2. The van der Waals surface area contributed by atoms with Crippen LogP contribution in [0.2, 0.25) is 0 Å². The minimum atomic E-state index is -0.278. The molecule has 2 aromatic rings. The number of aromatic nitrogens is 4. The summed E-state index contributed by atoms with van der Waals surface area (Å²) in [6.45, 7) is 7.19. The summed E-state index contributed by atoms with van der Waals surface area (Å²) in [4.78, 5) is 30.5. The fraction of sp³-hybridized carbons (Fsp3) is 0.500. The molecule has 0 unspecified atom stereocenters. The third-order valence-corrected chi connectivity index (χ3v) is 4.49. The quantitative estimate of drug-likeness (QED) is 0.894. The maximum atomic E-state index is 12.6. The van der Waals surface area contributed by atoms with Crippen LogP contribution in [-0.2, 0) is 13.1 Å². The molecule has 2 aromatic heterocycles. The van der Waals surface area contributed by atoms with Gasteiger partial charge in [0.05, 0.1) is 18.1 Å². The van der Waals surface area contributed by atoms with Crippen LogP contribution in [0.4, 0.5) is 0 Å². The molecule has 0 radical (unpaired) electrons. The van der Waals surface area contributed by atoms with Crippen LogP contribution in [0.15, 0.2) is 5.38 Å². The highest BCUT2D eigenvalue weighted by molar-refractivity contribution is 7.09. The summed E-state index contributed by atoms with van der Waals surface area (Å²) in [5, 5.41) is 13.3. The van der Waals surface area contributed by atoms with Gasteiger partial charge in [0, 0.05) is 18.0 Å². The van der Waals surface area contributed by atoms with E-state index in [-0.39, 0.29) is 24.4 Å². The van der Waals surface area contributed by atoms with Gasteiger partial charge in [-0.05, 0) is 20.8 Å². The molecule has 9 heteroatoms. The number of hydrogen-bond acceptors (Lipinski definition) is 6. The second kappa shape index (κ2) is 6.07. The van der Waals surface area contributed by atoms with Gasteiger partial charge in [0.2, 0.25) is 0 Å². The van der Waals surface area contributed by atoms with E-state index < -0.39 is 0 Å². The molecule has 23 heavy (non-hydrogen) atoms. The van der Waals surface area contributed by atoms with Gasteiger partial charge in [-0.3, -0.25) is 9.59 Å². The van der Waals surface area contributed by atoms with Crippen LogP contribution in [0, 0.1) is 6.92 Å². The lowest BCUT2D eigenvalue weighted by Gasteiger charge is -2.30. The van der Waals surface area contributed by atoms with Gasteiger partial charge < -0.3 is 10.2 Å². The van der Waals surface area contributed by atoms with Crippen molar-refractivity contribution in [1.29, 1.82) is 0 Å². The van der Waals surface area contributed by atoms with Crippen LogP contribution < -0.4 is 5.32 Å². The molecular formula is C14H18N6O2S. The Morgan fingerprint density at radius 1 is 1.43 bits per heavy atom. The monoisotopic (exact) mass is 334 g/mol. The molecule has 0 saturated carbocycles. The fourth-order valence-corrected chi connectivity index (χ4v) is 3.11. The van der Waals surface area contributed by atoms with Crippen molar-refractivity contribution in [3.05, 3.63) is 27.5 Å². The average Bonchev–Trinajstić information content (AvgIpc) is 3.11. The van der Waals surface area contributed by atoms with Crippen LogP contribution in [0.5, 0.6) is 0 Å². The van der Waals surface area contributed by atoms with Gasteiger partial charge in [-0.25, -0.2) is 9.67 Å². The number of carbonyl (C=O) groups excluding carboxylic acids is 2. The first-order valence-electron chi connectivity index (χ1n) is 7.41. The lowest BCUT2D eigenvalue weighted by Crippen LogP contribution is -2.44. The highest BCUT2D eigenvalue weighted by Gasteiger charge is 2.31. The van der Waals surface area contributed by atoms with Gasteiger partial charge in [-0.1, -0.05) is 5.21 Å². The number of fused-ring (bicyclic) bond motifs is 1. The van der Waals surface area contributed by atoms with Gasteiger partial charge >= 0.3 is 0 Å². The molecule has 3 rings (SSSR count). The molecule has 0 atom stereocenters. The number of carbonyl (C=O) groups is 2. The summed E-state index contributed by atoms with van der Waals surface area (Å²) in [5.41, 5.74) is 1.32. The summed E-state index contributed by atoms with van der Waals surface area (Å²) < 4.78 is 1.61. The molecular weight excluding hydrogens is 316 g/mol. The van der Waals surface area contributed by atoms with E-state index in [4.69, 9.17) is 0 Å². The van der Waals surface area contributed by atoms with Crippen LogP contribution in [0.3, 0.4) is 0 Å². The maximum absolute atomic E-state index is 12.6. The number of nitrogens with one attached hydrogen (secondary N) is 1. The molecule has 122 valence electrons. The van der Waals surface area contributed by atoms with Gasteiger partial charge in [0.1, 0.15) is 11.4 Å². The van der Waals surface area contributed by atoms with Crippen LogP contribution >= 0.6 is 11.3 Å². The molecule has 1 aliphatic heterocycles. The fourth-order valence-electron chi connectivity index (χ4n) is 2.51. The van der Waals surface area contributed by atoms with Crippen molar-refractivity contribution in [2.24, 2.45) is 0 Å². The predicted octanol–water partition coefficient (Wildman–Crippen LogP) is 0.837.